The molecular formula is C27H37ClN4O3. The molecular weight excluding hydrogens is 464 g/mol. The van der Waals surface area contributed by atoms with Gasteiger partial charge >= 0.3 is 0 Å². The first-order chi connectivity index (χ1) is 16.9. The molecule has 1 aromatic heterocycles. The first-order valence-corrected chi connectivity index (χ1v) is 12.4. The fraction of sp³-hybridized carbons (Fsp3) is 0.519. The molecule has 190 valence electrons. The smallest absolute Gasteiger partial charge is 0.151 e. The number of anilines is 1. The summed E-state index contributed by atoms with van der Waals surface area (Å²) in [5, 5.41) is 15.8. The molecule has 3 rings (SSSR count). The lowest BCUT2D eigenvalue weighted by molar-refractivity contribution is 0.112. The van der Waals surface area contributed by atoms with Crippen molar-refractivity contribution < 1.29 is 14.3 Å². The molecule has 2 aromatic rings. The van der Waals surface area contributed by atoms with Gasteiger partial charge in [-0.15, -0.1) is 0 Å². The topological polar surface area (TPSA) is 96.3 Å². The van der Waals surface area contributed by atoms with Crippen LogP contribution in [0.15, 0.2) is 30.5 Å². The van der Waals surface area contributed by atoms with Crippen molar-refractivity contribution in [2.24, 2.45) is 11.8 Å². The average Bonchev–Trinajstić information content (AvgIpc) is 2.89. The quantitative estimate of drug-likeness (QED) is 0.407. The Labute approximate surface area is 214 Å². The Hall–Kier alpha value is -2.66. The minimum Gasteiger partial charge on any atom is -0.496 e. The number of carbonyl (C=O) groups is 1. The molecule has 1 aliphatic rings. The zero-order valence-corrected chi connectivity index (χ0v) is 21.9. The summed E-state index contributed by atoms with van der Waals surface area (Å²) < 4.78 is 10.4. The lowest BCUT2D eigenvalue weighted by Crippen LogP contribution is -2.24. The lowest BCUT2D eigenvalue weighted by atomic mass is 9.81. The van der Waals surface area contributed by atoms with Crippen LogP contribution >= 0.6 is 11.6 Å². The molecule has 35 heavy (non-hydrogen) atoms. The highest BCUT2D eigenvalue weighted by molar-refractivity contribution is 6.33. The number of nitriles is 1. The predicted molar refractivity (Wildman–Crippen MR) is 140 cm³/mol. The molecule has 1 aliphatic carbocycles. The van der Waals surface area contributed by atoms with Crippen LogP contribution < -0.4 is 15.4 Å². The van der Waals surface area contributed by atoms with Crippen molar-refractivity contribution in [3.8, 4) is 11.8 Å². The van der Waals surface area contributed by atoms with Crippen LogP contribution in [0.25, 0.3) is 0 Å². The Morgan fingerprint density at radius 3 is 2.51 bits per heavy atom. The molecule has 1 fully saturated rings. The highest BCUT2D eigenvalue weighted by Gasteiger charge is 2.20. The van der Waals surface area contributed by atoms with Gasteiger partial charge in [0.2, 0.25) is 0 Å². The SMILES string of the molecule is CNCC1CCC(CCOC)CC1.COc1ccc(C#N)cc1[C@H](C)Nc1ncc(C=O)cc1Cl. The molecule has 8 heteroatoms. The van der Waals surface area contributed by atoms with Crippen LogP contribution in [0.2, 0.25) is 5.02 Å². The molecule has 1 aromatic carbocycles. The average molecular weight is 501 g/mol. The number of ether oxygens (including phenoxy) is 2. The summed E-state index contributed by atoms with van der Waals surface area (Å²) in [6.45, 7) is 4.06. The Morgan fingerprint density at radius 1 is 1.23 bits per heavy atom. The Morgan fingerprint density at radius 2 is 1.94 bits per heavy atom. The highest BCUT2D eigenvalue weighted by atomic mass is 35.5. The van der Waals surface area contributed by atoms with Crippen molar-refractivity contribution in [1.29, 1.82) is 5.26 Å². The summed E-state index contributed by atoms with van der Waals surface area (Å²) in [4.78, 5) is 14.8. The van der Waals surface area contributed by atoms with Crippen LogP contribution in [0.1, 0.15) is 66.6 Å². The van der Waals surface area contributed by atoms with Crippen molar-refractivity contribution in [3.63, 3.8) is 0 Å². The molecule has 1 atom stereocenters. The Bertz CT molecular complexity index is 971. The summed E-state index contributed by atoms with van der Waals surface area (Å²) in [5.41, 5.74) is 1.77. The molecule has 0 amide bonds. The summed E-state index contributed by atoms with van der Waals surface area (Å²) in [6.07, 6.45) is 9.04. The van der Waals surface area contributed by atoms with E-state index in [0.29, 0.717) is 34.0 Å². The van der Waals surface area contributed by atoms with Gasteiger partial charge in [-0.3, -0.25) is 4.79 Å². The number of nitrogens with one attached hydrogen (secondary N) is 2. The van der Waals surface area contributed by atoms with Crippen LogP contribution in [0.4, 0.5) is 5.82 Å². The van der Waals surface area contributed by atoms with Gasteiger partial charge in [-0.25, -0.2) is 4.98 Å². The lowest BCUT2D eigenvalue weighted by Gasteiger charge is -2.28. The number of pyridine rings is 1. The van der Waals surface area contributed by atoms with E-state index in [1.165, 1.54) is 44.8 Å². The molecule has 7 nitrogen and oxygen atoms in total. The second kappa shape index (κ2) is 15.4. The number of hydrogen-bond donors (Lipinski definition) is 2. The Kier molecular flexibility index (Phi) is 12.5. The number of hydrogen-bond acceptors (Lipinski definition) is 7. The van der Waals surface area contributed by atoms with Crippen LogP contribution in [0.5, 0.6) is 5.75 Å². The van der Waals surface area contributed by atoms with E-state index in [1.807, 2.05) is 6.92 Å². The van der Waals surface area contributed by atoms with Gasteiger partial charge in [0.05, 0.1) is 29.8 Å². The summed E-state index contributed by atoms with van der Waals surface area (Å²) in [6, 6.07) is 8.65. The molecule has 0 aliphatic heterocycles. The number of rotatable bonds is 10. The molecule has 2 N–H and O–H groups in total. The third kappa shape index (κ3) is 9.14. The molecule has 0 unspecified atom stereocenters. The summed E-state index contributed by atoms with van der Waals surface area (Å²) in [7, 11) is 5.42. The van der Waals surface area contributed by atoms with Gasteiger partial charge in [0.15, 0.2) is 6.29 Å². The maximum atomic E-state index is 10.7. The standard InChI is InChI=1S/C16H14ClN3O2.C11H23NO/c1-10(13-5-11(7-18)3-4-15(13)22-2)20-16-14(17)6-12(9-21)8-19-16;1-12-9-11-5-3-10(4-6-11)7-8-13-2/h3-6,8-10H,1-2H3,(H,19,20);10-12H,3-9H2,1-2H3/t10-;/m0./s1. The molecule has 1 heterocycles. The van der Waals surface area contributed by atoms with Crippen LogP contribution in [0, 0.1) is 23.2 Å². The molecule has 0 radical (unpaired) electrons. The molecule has 1 saturated carbocycles. The normalized spacial score (nSPS) is 17.9. The number of carbonyl (C=O) groups excluding carboxylic acids is 1. The Balaban J connectivity index is 0.000000283. The van der Waals surface area contributed by atoms with Crippen molar-refractivity contribution in [3.05, 3.63) is 52.2 Å². The first-order valence-electron chi connectivity index (χ1n) is 12.0. The van der Waals surface area contributed by atoms with Crippen molar-refractivity contribution in [2.45, 2.75) is 45.1 Å². The maximum Gasteiger partial charge on any atom is 0.151 e. The van der Waals surface area contributed by atoms with E-state index in [4.69, 9.17) is 26.3 Å². The van der Waals surface area contributed by atoms with Gasteiger partial charge < -0.3 is 20.1 Å². The number of methoxy groups -OCH3 is 2. The van der Waals surface area contributed by atoms with Crippen molar-refractivity contribution in [2.75, 3.05) is 39.7 Å². The van der Waals surface area contributed by atoms with Gasteiger partial charge in [0, 0.05) is 31.0 Å². The number of aromatic nitrogens is 1. The van der Waals surface area contributed by atoms with Crippen molar-refractivity contribution >= 4 is 23.7 Å². The van der Waals surface area contributed by atoms with Crippen LogP contribution in [-0.4, -0.2) is 45.7 Å². The van der Waals surface area contributed by atoms with Gasteiger partial charge in [-0.05, 0) is 75.9 Å². The van der Waals surface area contributed by atoms with Crippen molar-refractivity contribution in [1.82, 2.24) is 10.3 Å². The third-order valence-corrected chi connectivity index (χ3v) is 6.65. The van der Waals surface area contributed by atoms with E-state index in [0.717, 1.165) is 24.0 Å². The monoisotopic (exact) mass is 500 g/mol. The predicted octanol–water partition coefficient (Wildman–Crippen LogP) is 5.65. The number of nitrogens with zero attached hydrogens (tertiary/aromatic N) is 2. The van der Waals surface area contributed by atoms with Gasteiger partial charge in [0.25, 0.3) is 0 Å². The minimum atomic E-state index is -0.185. The van der Waals surface area contributed by atoms with Crippen LogP contribution in [0.3, 0.4) is 0 Å². The van der Waals surface area contributed by atoms with Gasteiger partial charge in [0.1, 0.15) is 11.6 Å². The zero-order valence-electron chi connectivity index (χ0n) is 21.1. The van der Waals surface area contributed by atoms with Crippen LogP contribution in [-0.2, 0) is 4.74 Å². The number of halogens is 1. The fourth-order valence-electron chi connectivity index (χ4n) is 4.35. The van der Waals surface area contributed by atoms with Gasteiger partial charge in [-0.1, -0.05) is 24.4 Å². The van der Waals surface area contributed by atoms with E-state index >= 15 is 0 Å². The molecule has 0 saturated heterocycles. The summed E-state index contributed by atoms with van der Waals surface area (Å²) >= 11 is 6.10. The molecule has 0 bridgehead atoms. The van der Waals surface area contributed by atoms with Gasteiger partial charge in [-0.2, -0.15) is 5.26 Å². The second-order valence-corrected chi connectivity index (χ2v) is 9.28. The largest absolute Gasteiger partial charge is 0.496 e. The number of aldehydes is 1. The zero-order chi connectivity index (χ0) is 25.6. The van der Waals surface area contributed by atoms with E-state index in [9.17, 15) is 4.79 Å². The minimum absolute atomic E-state index is 0.185. The van der Waals surface area contributed by atoms with E-state index in [2.05, 4.69) is 28.7 Å². The third-order valence-electron chi connectivity index (χ3n) is 6.37. The highest BCUT2D eigenvalue weighted by Crippen LogP contribution is 2.31. The van der Waals surface area contributed by atoms with E-state index < -0.39 is 0 Å². The van der Waals surface area contributed by atoms with E-state index in [-0.39, 0.29) is 6.04 Å². The molecule has 0 spiro atoms. The summed E-state index contributed by atoms with van der Waals surface area (Å²) in [5.74, 6) is 3.00. The van der Waals surface area contributed by atoms with E-state index in [1.54, 1.807) is 38.5 Å². The number of benzene rings is 1. The maximum absolute atomic E-state index is 10.7. The first kappa shape index (κ1) is 28.6. The second-order valence-electron chi connectivity index (χ2n) is 8.88. The fourth-order valence-corrected chi connectivity index (χ4v) is 4.58.